The first kappa shape index (κ1) is 14.5. The van der Waals surface area contributed by atoms with Gasteiger partial charge in [-0.15, -0.1) is 0 Å². The second-order valence-corrected chi connectivity index (χ2v) is 6.24. The molecule has 2 aromatic carbocycles. The smallest absolute Gasteiger partial charge is 0.228 e. The van der Waals surface area contributed by atoms with Crippen molar-refractivity contribution in [2.75, 3.05) is 11.1 Å². The number of fused-ring (bicyclic) bond motifs is 1. The molecular formula is C14H9BrCl2N2O2. The zero-order valence-corrected chi connectivity index (χ0v) is 13.6. The summed E-state index contributed by atoms with van der Waals surface area (Å²) in [4.78, 5) is 11.4. The minimum atomic E-state index is -0.0636. The standard InChI is InChI=1S/C14H9BrCl2N2O2/c15-7-3-9(17)12(4-8(7)16)21-13-5-11-6(1-10(13)18)2-14(20)19-11/h1,3-5H,2,18H2,(H,19,20). The van der Waals surface area contributed by atoms with Crippen molar-refractivity contribution in [3.63, 3.8) is 0 Å². The second-order valence-electron chi connectivity index (χ2n) is 4.57. The van der Waals surface area contributed by atoms with Gasteiger partial charge in [0, 0.05) is 22.3 Å². The van der Waals surface area contributed by atoms with Crippen LogP contribution in [-0.4, -0.2) is 5.91 Å². The third kappa shape index (κ3) is 2.81. The van der Waals surface area contributed by atoms with Crippen LogP contribution in [0.25, 0.3) is 0 Å². The average Bonchev–Trinajstić information content (AvgIpc) is 2.75. The summed E-state index contributed by atoms with van der Waals surface area (Å²) in [6, 6.07) is 6.64. The minimum Gasteiger partial charge on any atom is -0.453 e. The third-order valence-corrected chi connectivity index (χ3v) is 4.55. The Kier molecular flexibility index (Phi) is 3.73. The summed E-state index contributed by atoms with van der Waals surface area (Å²) in [6.45, 7) is 0. The number of anilines is 2. The van der Waals surface area contributed by atoms with Gasteiger partial charge in [0.2, 0.25) is 5.91 Å². The van der Waals surface area contributed by atoms with Crippen LogP contribution in [0.3, 0.4) is 0 Å². The molecule has 0 spiro atoms. The van der Waals surface area contributed by atoms with E-state index >= 15 is 0 Å². The molecule has 0 aliphatic carbocycles. The molecule has 2 aromatic rings. The maximum Gasteiger partial charge on any atom is 0.228 e. The van der Waals surface area contributed by atoms with Crippen LogP contribution in [0.1, 0.15) is 5.56 Å². The van der Waals surface area contributed by atoms with Crippen LogP contribution in [0.2, 0.25) is 10.0 Å². The van der Waals surface area contributed by atoms with Crippen LogP contribution in [0, 0.1) is 0 Å². The van der Waals surface area contributed by atoms with E-state index in [2.05, 4.69) is 21.2 Å². The van der Waals surface area contributed by atoms with E-state index in [0.29, 0.717) is 43.8 Å². The lowest BCUT2D eigenvalue weighted by Crippen LogP contribution is -2.03. The molecule has 3 rings (SSSR count). The van der Waals surface area contributed by atoms with Gasteiger partial charge in [0.1, 0.15) is 5.75 Å². The molecule has 7 heteroatoms. The van der Waals surface area contributed by atoms with E-state index in [1.165, 1.54) is 0 Å². The van der Waals surface area contributed by atoms with Crippen molar-refractivity contribution in [3.8, 4) is 11.5 Å². The van der Waals surface area contributed by atoms with Gasteiger partial charge in [-0.2, -0.15) is 0 Å². The number of amides is 1. The molecule has 1 amide bonds. The summed E-state index contributed by atoms with van der Waals surface area (Å²) in [5.41, 5.74) is 7.94. The Hall–Kier alpha value is -1.43. The number of ether oxygens (including phenoxy) is 1. The summed E-state index contributed by atoms with van der Waals surface area (Å²) in [5, 5.41) is 3.62. The van der Waals surface area contributed by atoms with E-state index in [1.807, 2.05) is 0 Å². The number of halogens is 3. The van der Waals surface area contributed by atoms with E-state index in [4.69, 9.17) is 33.7 Å². The maximum atomic E-state index is 11.4. The molecule has 0 radical (unpaired) electrons. The van der Waals surface area contributed by atoms with Crippen LogP contribution in [0.5, 0.6) is 11.5 Å². The predicted molar refractivity (Wildman–Crippen MR) is 87.4 cm³/mol. The number of carbonyl (C=O) groups is 1. The number of carbonyl (C=O) groups excluding carboxylic acids is 1. The molecule has 21 heavy (non-hydrogen) atoms. The van der Waals surface area contributed by atoms with Gasteiger partial charge < -0.3 is 15.8 Å². The van der Waals surface area contributed by atoms with Crippen molar-refractivity contribution in [1.29, 1.82) is 0 Å². The van der Waals surface area contributed by atoms with Crippen molar-refractivity contribution in [1.82, 2.24) is 0 Å². The number of hydrogen-bond acceptors (Lipinski definition) is 3. The van der Waals surface area contributed by atoms with Crippen LogP contribution in [0.4, 0.5) is 11.4 Å². The minimum absolute atomic E-state index is 0.0636. The van der Waals surface area contributed by atoms with Gasteiger partial charge in [0.05, 0.1) is 22.2 Å². The predicted octanol–water partition coefficient (Wildman–Crippen LogP) is 4.63. The highest BCUT2D eigenvalue weighted by molar-refractivity contribution is 9.10. The molecule has 0 unspecified atom stereocenters. The third-order valence-electron chi connectivity index (χ3n) is 3.06. The normalized spacial score (nSPS) is 13.0. The summed E-state index contributed by atoms with van der Waals surface area (Å²) < 4.78 is 6.40. The largest absolute Gasteiger partial charge is 0.453 e. The first-order chi connectivity index (χ1) is 9.94. The number of benzene rings is 2. The van der Waals surface area contributed by atoms with Crippen LogP contribution in [-0.2, 0) is 11.2 Å². The van der Waals surface area contributed by atoms with Crippen LogP contribution in [0.15, 0.2) is 28.7 Å². The van der Waals surface area contributed by atoms with E-state index in [0.717, 1.165) is 5.56 Å². The highest BCUT2D eigenvalue weighted by atomic mass is 79.9. The van der Waals surface area contributed by atoms with Gasteiger partial charge in [-0.3, -0.25) is 4.79 Å². The fourth-order valence-corrected chi connectivity index (χ4v) is 2.89. The topological polar surface area (TPSA) is 64.3 Å². The van der Waals surface area contributed by atoms with Crippen molar-refractivity contribution < 1.29 is 9.53 Å². The Morgan fingerprint density at radius 1 is 1.14 bits per heavy atom. The summed E-state index contributed by atoms with van der Waals surface area (Å²) in [6.07, 6.45) is 0.324. The fraction of sp³-hybridized carbons (Fsp3) is 0.0714. The van der Waals surface area contributed by atoms with E-state index in [-0.39, 0.29) is 5.91 Å². The highest BCUT2D eigenvalue weighted by Gasteiger charge is 2.20. The van der Waals surface area contributed by atoms with Crippen LogP contribution >= 0.6 is 39.1 Å². The summed E-state index contributed by atoms with van der Waals surface area (Å²) >= 11 is 15.4. The Morgan fingerprint density at radius 2 is 1.90 bits per heavy atom. The van der Waals surface area contributed by atoms with Crippen LogP contribution < -0.4 is 15.8 Å². The number of nitrogens with one attached hydrogen (secondary N) is 1. The lowest BCUT2D eigenvalue weighted by Gasteiger charge is -2.12. The summed E-state index contributed by atoms with van der Waals surface area (Å²) in [5.74, 6) is 0.739. The lowest BCUT2D eigenvalue weighted by atomic mass is 10.1. The Balaban J connectivity index is 1.98. The zero-order chi connectivity index (χ0) is 15.1. The number of nitrogen functional groups attached to an aromatic ring is 1. The second kappa shape index (κ2) is 5.40. The van der Waals surface area contributed by atoms with E-state index < -0.39 is 0 Å². The van der Waals surface area contributed by atoms with Gasteiger partial charge in [0.25, 0.3) is 0 Å². The molecule has 108 valence electrons. The SMILES string of the molecule is Nc1cc2c(cc1Oc1cc(Cl)c(Br)cc1Cl)NC(=O)C2. The molecule has 1 heterocycles. The molecule has 0 saturated heterocycles. The Bertz CT molecular complexity index is 765. The fourth-order valence-electron chi connectivity index (χ4n) is 2.06. The molecule has 1 aliphatic heterocycles. The van der Waals surface area contributed by atoms with Crippen molar-refractivity contribution in [2.24, 2.45) is 0 Å². The Morgan fingerprint density at radius 3 is 2.67 bits per heavy atom. The average molecular weight is 388 g/mol. The van der Waals surface area contributed by atoms with Crippen molar-refractivity contribution >= 4 is 56.4 Å². The molecule has 3 N–H and O–H groups in total. The molecule has 0 aromatic heterocycles. The maximum absolute atomic E-state index is 11.4. The van der Waals surface area contributed by atoms with Crippen molar-refractivity contribution in [2.45, 2.75) is 6.42 Å². The van der Waals surface area contributed by atoms with E-state index in [9.17, 15) is 4.79 Å². The van der Waals surface area contributed by atoms with Gasteiger partial charge in [-0.25, -0.2) is 0 Å². The quantitative estimate of drug-likeness (QED) is 0.583. The zero-order valence-electron chi connectivity index (χ0n) is 10.5. The highest BCUT2D eigenvalue weighted by Crippen LogP contribution is 2.40. The van der Waals surface area contributed by atoms with Crippen molar-refractivity contribution in [3.05, 3.63) is 44.3 Å². The Labute approximate surface area is 139 Å². The molecule has 0 bridgehead atoms. The van der Waals surface area contributed by atoms with E-state index in [1.54, 1.807) is 24.3 Å². The first-order valence-corrected chi connectivity index (χ1v) is 7.53. The van der Waals surface area contributed by atoms with Gasteiger partial charge in [-0.1, -0.05) is 23.2 Å². The van der Waals surface area contributed by atoms with Gasteiger partial charge in [-0.05, 0) is 33.6 Å². The molecule has 1 aliphatic rings. The number of hydrogen-bond donors (Lipinski definition) is 2. The number of nitrogens with two attached hydrogens (primary N) is 1. The first-order valence-electron chi connectivity index (χ1n) is 5.98. The molecular weight excluding hydrogens is 379 g/mol. The lowest BCUT2D eigenvalue weighted by molar-refractivity contribution is -0.115. The van der Waals surface area contributed by atoms with Gasteiger partial charge >= 0.3 is 0 Å². The number of rotatable bonds is 2. The molecule has 0 fully saturated rings. The molecule has 4 nitrogen and oxygen atoms in total. The molecule has 0 saturated carbocycles. The monoisotopic (exact) mass is 386 g/mol. The van der Waals surface area contributed by atoms with Gasteiger partial charge in [0.15, 0.2) is 5.75 Å². The molecule has 0 atom stereocenters. The summed E-state index contributed by atoms with van der Waals surface area (Å²) in [7, 11) is 0.